The van der Waals surface area contributed by atoms with Crippen molar-refractivity contribution >= 4 is 66.7 Å². The van der Waals surface area contributed by atoms with Crippen molar-refractivity contribution in [1.82, 2.24) is 24.1 Å². The maximum atomic E-state index is 15.3. The second-order valence-electron chi connectivity index (χ2n) is 14.8. The number of rotatable bonds is 11. The van der Waals surface area contributed by atoms with Crippen LogP contribution in [0, 0.1) is 0 Å². The van der Waals surface area contributed by atoms with Gasteiger partial charge in [-0.1, -0.05) is 59.1 Å². The van der Waals surface area contributed by atoms with Crippen molar-refractivity contribution in [2.45, 2.75) is 63.1 Å². The smallest absolute Gasteiger partial charge is 0.326 e. The van der Waals surface area contributed by atoms with Crippen LogP contribution in [0.4, 0.5) is 4.79 Å². The lowest BCUT2D eigenvalue weighted by Crippen LogP contribution is -2.61. The van der Waals surface area contributed by atoms with Crippen LogP contribution in [0.3, 0.4) is 0 Å². The van der Waals surface area contributed by atoms with Crippen molar-refractivity contribution in [2.24, 2.45) is 4.99 Å². The number of sulfonamides is 2. The summed E-state index contributed by atoms with van der Waals surface area (Å²) >= 11 is 19.5. The molecule has 1 saturated heterocycles. The molecule has 0 radical (unpaired) electrons. The van der Waals surface area contributed by atoms with E-state index in [1.807, 2.05) is 38.1 Å². The summed E-state index contributed by atoms with van der Waals surface area (Å²) in [5, 5.41) is 0.970. The number of carbonyl (C=O) groups excluding carboxylic acids is 1. The first-order chi connectivity index (χ1) is 25.1. The van der Waals surface area contributed by atoms with E-state index in [1.165, 1.54) is 12.1 Å². The number of carbonyl (C=O) groups is 1. The molecular formula is C37H47Cl3N6O6S2. The topological polar surface area (TPSA) is 141 Å². The Bertz CT molecular complexity index is 2120. The predicted octanol–water partition coefficient (Wildman–Crippen LogP) is 6.30. The van der Waals surface area contributed by atoms with Crippen LogP contribution >= 0.6 is 34.8 Å². The number of amidine groups is 1. The number of hydrogen-bond acceptors (Lipinski definition) is 8. The van der Waals surface area contributed by atoms with E-state index >= 15 is 4.79 Å². The van der Waals surface area contributed by atoms with Gasteiger partial charge in [-0.15, -0.1) is 0 Å². The summed E-state index contributed by atoms with van der Waals surface area (Å²) in [6.45, 7) is 13.5. The molecule has 294 valence electrons. The SMILES string of the molecule is CCOc1cc(Cl)c(S(=O)(=O)NC(C)(C)C)cc1C1=N[C@@](C)(c2ccc(Cl)cc2)[C@@](C)(c2ccc(Cl)cc2)N1C(=O)N1CCN(CCNS(C)(=O)=O)CC1. The Kier molecular flexibility index (Phi) is 12.4. The molecule has 3 aromatic rings. The molecule has 0 saturated carbocycles. The standard InChI is InChI=1S/C37H47Cl3N6O6S2/c1-8-52-31-24-30(40)32(54(50,51)43-35(2,3)4)23-29(31)33-42-36(5,25-9-13-27(38)14-10-25)37(6,26-11-15-28(39)16-12-26)46(33)34(47)45-21-19-44(20-22-45)18-17-41-53(7,48)49/h9-16,23-24,41,43H,8,17-22H2,1-7H3/t36-,37+/m0/s1. The fraction of sp³-hybridized carbons (Fsp3) is 0.459. The first-order valence-corrected chi connectivity index (χ1v) is 22.0. The summed E-state index contributed by atoms with van der Waals surface area (Å²) in [6.07, 6.45) is 1.12. The van der Waals surface area contributed by atoms with E-state index in [1.54, 1.807) is 61.8 Å². The fourth-order valence-corrected chi connectivity index (χ4v) is 9.59. The molecule has 0 unspecified atom stereocenters. The molecule has 2 aliphatic heterocycles. The van der Waals surface area contributed by atoms with Gasteiger partial charge in [0, 0.05) is 60.9 Å². The van der Waals surface area contributed by atoms with Gasteiger partial charge in [-0.05, 0) is 83.0 Å². The van der Waals surface area contributed by atoms with E-state index in [4.69, 9.17) is 44.5 Å². The Morgan fingerprint density at radius 2 is 1.44 bits per heavy atom. The van der Waals surface area contributed by atoms with Gasteiger partial charge in [0.15, 0.2) is 0 Å². The molecule has 12 nitrogen and oxygen atoms in total. The van der Waals surface area contributed by atoms with E-state index in [2.05, 4.69) is 14.3 Å². The summed E-state index contributed by atoms with van der Waals surface area (Å²) in [7, 11) is -7.51. The monoisotopic (exact) mass is 840 g/mol. The Labute approximate surface area is 333 Å². The Morgan fingerprint density at radius 1 is 0.889 bits per heavy atom. The fourth-order valence-electron chi connectivity index (χ4n) is 6.91. The first kappa shape index (κ1) is 42.2. The number of nitrogens with one attached hydrogen (secondary N) is 2. The van der Waals surface area contributed by atoms with Gasteiger partial charge in [-0.3, -0.25) is 14.8 Å². The van der Waals surface area contributed by atoms with Gasteiger partial charge in [0.1, 0.15) is 27.6 Å². The van der Waals surface area contributed by atoms with E-state index in [9.17, 15) is 16.8 Å². The van der Waals surface area contributed by atoms with E-state index in [-0.39, 0.29) is 46.2 Å². The normalized spacial score (nSPS) is 21.3. The van der Waals surface area contributed by atoms with Crippen LogP contribution in [0.2, 0.25) is 15.1 Å². The van der Waals surface area contributed by atoms with E-state index < -0.39 is 36.7 Å². The molecule has 1 fully saturated rings. The second-order valence-corrected chi connectivity index (χ2v) is 19.5. The lowest BCUT2D eigenvalue weighted by atomic mass is 9.71. The van der Waals surface area contributed by atoms with Gasteiger partial charge in [-0.2, -0.15) is 0 Å². The predicted molar refractivity (Wildman–Crippen MR) is 215 cm³/mol. The maximum absolute atomic E-state index is 15.3. The van der Waals surface area contributed by atoms with Crippen LogP contribution in [0.25, 0.3) is 0 Å². The molecule has 54 heavy (non-hydrogen) atoms. The first-order valence-electron chi connectivity index (χ1n) is 17.5. The summed E-state index contributed by atoms with van der Waals surface area (Å²) in [5.74, 6) is 0.428. The van der Waals surface area contributed by atoms with Crippen LogP contribution in [-0.2, 0) is 31.1 Å². The van der Waals surface area contributed by atoms with Gasteiger partial charge in [0.25, 0.3) is 0 Å². The van der Waals surface area contributed by atoms with Gasteiger partial charge in [0.05, 0.1) is 23.4 Å². The minimum absolute atomic E-state index is 0.0576. The van der Waals surface area contributed by atoms with Crippen LogP contribution in [0.5, 0.6) is 5.75 Å². The lowest BCUT2D eigenvalue weighted by Gasteiger charge is -2.47. The molecule has 2 atom stereocenters. The molecule has 0 bridgehead atoms. The van der Waals surface area contributed by atoms with Crippen LogP contribution in [0.15, 0.2) is 70.6 Å². The molecule has 2 N–H and O–H groups in total. The third-order valence-corrected chi connectivity index (χ3v) is 13.1. The number of piperazine rings is 1. The van der Waals surface area contributed by atoms with E-state index in [0.717, 1.165) is 17.4 Å². The second kappa shape index (κ2) is 15.9. The Morgan fingerprint density at radius 3 is 1.96 bits per heavy atom. The number of hydrogen-bond donors (Lipinski definition) is 2. The average molecular weight is 842 g/mol. The largest absolute Gasteiger partial charge is 0.493 e. The molecular weight excluding hydrogens is 795 g/mol. The van der Waals surface area contributed by atoms with Gasteiger partial charge < -0.3 is 9.64 Å². The van der Waals surface area contributed by atoms with Crippen LogP contribution in [0.1, 0.15) is 58.2 Å². The van der Waals surface area contributed by atoms with Crippen molar-refractivity contribution in [3.05, 3.63) is 92.4 Å². The van der Waals surface area contributed by atoms with Crippen molar-refractivity contribution in [3.8, 4) is 5.75 Å². The highest BCUT2D eigenvalue weighted by molar-refractivity contribution is 7.89. The summed E-state index contributed by atoms with van der Waals surface area (Å²) < 4.78 is 62.3. The number of aliphatic imine (C=N–C) groups is 1. The Hall–Kier alpha value is -2.95. The highest BCUT2D eigenvalue weighted by Crippen LogP contribution is 2.54. The van der Waals surface area contributed by atoms with Crippen molar-refractivity contribution in [1.29, 1.82) is 0 Å². The molecule has 2 amide bonds. The number of halogens is 3. The zero-order chi connectivity index (χ0) is 39.9. The molecule has 2 heterocycles. The van der Waals surface area contributed by atoms with Crippen molar-refractivity contribution in [3.63, 3.8) is 0 Å². The summed E-state index contributed by atoms with van der Waals surface area (Å²) in [5.41, 5.74) is -1.52. The third kappa shape index (κ3) is 8.86. The van der Waals surface area contributed by atoms with Crippen LogP contribution < -0.4 is 14.2 Å². The number of benzene rings is 3. The van der Waals surface area contributed by atoms with Gasteiger partial charge >= 0.3 is 6.03 Å². The minimum atomic E-state index is -4.17. The average Bonchev–Trinajstić information content (AvgIpc) is 3.31. The van der Waals surface area contributed by atoms with Crippen LogP contribution in [-0.4, -0.2) is 101 Å². The number of nitrogens with zero attached hydrogens (tertiary/aromatic N) is 4. The molecule has 0 spiro atoms. The van der Waals surface area contributed by atoms with Crippen molar-refractivity contribution < 1.29 is 26.4 Å². The van der Waals surface area contributed by atoms with Gasteiger partial charge in [-0.25, -0.2) is 31.1 Å². The van der Waals surface area contributed by atoms with Gasteiger partial charge in [0.2, 0.25) is 20.0 Å². The zero-order valence-electron chi connectivity index (χ0n) is 31.4. The molecule has 17 heteroatoms. The summed E-state index contributed by atoms with van der Waals surface area (Å²) in [6, 6.07) is 17.0. The number of amides is 2. The van der Waals surface area contributed by atoms with Crippen molar-refractivity contribution in [2.75, 3.05) is 52.1 Å². The lowest BCUT2D eigenvalue weighted by molar-refractivity contribution is 0.0872. The quantitative estimate of drug-likeness (QED) is 0.231. The Balaban J connectivity index is 1.72. The zero-order valence-corrected chi connectivity index (χ0v) is 35.3. The highest BCUT2D eigenvalue weighted by Gasteiger charge is 2.60. The van der Waals surface area contributed by atoms with E-state index in [0.29, 0.717) is 42.8 Å². The molecule has 5 rings (SSSR count). The highest BCUT2D eigenvalue weighted by atomic mass is 35.5. The number of ether oxygens (including phenoxy) is 1. The third-order valence-electron chi connectivity index (χ3n) is 9.68. The maximum Gasteiger partial charge on any atom is 0.326 e. The summed E-state index contributed by atoms with van der Waals surface area (Å²) in [4.78, 5) is 25.9. The minimum Gasteiger partial charge on any atom is -0.493 e. The molecule has 3 aromatic carbocycles. The molecule has 0 aliphatic carbocycles. The molecule has 2 aliphatic rings. The molecule has 0 aromatic heterocycles. The number of urea groups is 1.